The lowest BCUT2D eigenvalue weighted by molar-refractivity contribution is -0.142. The van der Waals surface area contributed by atoms with Crippen molar-refractivity contribution in [3.8, 4) is 0 Å². The Bertz CT molecular complexity index is 1110. The number of para-hydroxylation sites is 1. The third-order valence-corrected chi connectivity index (χ3v) is 6.02. The molecule has 1 aromatic heterocycles. The summed E-state index contributed by atoms with van der Waals surface area (Å²) in [4.78, 5) is 41.0. The Morgan fingerprint density at radius 2 is 1.97 bits per heavy atom. The van der Waals surface area contributed by atoms with Gasteiger partial charge in [-0.25, -0.2) is 4.79 Å². The van der Waals surface area contributed by atoms with E-state index in [0.717, 1.165) is 16.5 Å². The van der Waals surface area contributed by atoms with Gasteiger partial charge in [0.25, 0.3) is 0 Å². The molecule has 2 atom stereocenters. The van der Waals surface area contributed by atoms with E-state index in [1.807, 2.05) is 30.3 Å². The van der Waals surface area contributed by atoms with Crippen molar-refractivity contribution in [2.24, 2.45) is 11.5 Å². The lowest BCUT2D eigenvalue weighted by Crippen LogP contribution is -2.41. The topological polar surface area (TPSA) is 190 Å². The highest BCUT2D eigenvalue weighted by Gasteiger charge is 2.25. The van der Waals surface area contributed by atoms with Crippen LogP contribution in [0.1, 0.15) is 43.7 Å². The van der Waals surface area contributed by atoms with E-state index < -0.39 is 18.1 Å². The van der Waals surface area contributed by atoms with Crippen LogP contribution in [0.3, 0.4) is 0 Å². The average molecular weight is 484 g/mol. The van der Waals surface area contributed by atoms with Gasteiger partial charge in [-0.2, -0.15) is 0 Å². The first-order valence-electron chi connectivity index (χ1n) is 11.6. The molecule has 2 amide bonds. The van der Waals surface area contributed by atoms with Crippen molar-refractivity contribution in [3.05, 3.63) is 47.7 Å². The van der Waals surface area contributed by atoms with E-state index in [1.165, 1.54) is 0 Å². The average Bonchev–Trinajstić information content (AvgIpc) is 3.46. The highest BCUT2D eigenvalue weighted by molar-refractivity contribution is 5.91. The molecule has 9 N–H and O–H groups in total. The van der Waals surface area contributed by atoms with Gasteiger partial charge in [-0.1, -0.05) is 36.3 Å². The number of aromatic nitrogens is 1. The normalized spacial score (nSPS) is 14.9. The van der Waals surface area contributed by atoms with Gasteiger partial charge < -0.3 is 37.1 Å². The number of fused-ring (bicyclic) bond motifs is 1. The van der Waals surface area contributed by atoms with Crippen LogP contribution in [-0.2, 0) is 14.4 Å². The van der Waals surface area contributed by atoms with E-state index in [-0.39, 0.29) is 24.2 Å². The van der Waals surface area contributed by atoms with E-state index in [4.69, 9.17) is 16.9 Å². The molecular weight excluding hydrogens is 450 g/mol. The van der Waals surface area contributed by atoms with Crippen molar-refractivity contribution < 1.29 is 19.5 Å². The van der Waals surface area contributed by atoms with Crippen LogP contribution in [0, 0.1) is 5.41 Å². The lowest BCUT2D eigenvalue weighted by atomic mass is 10.1. The number of H-pyrrole nitrogens is 1. The monoisotopic (exact) mass is 483 g/mol. The number of rotatable bonds is 12. The molecule has 2 heterocycles. The molecule has 0 radical (unpaired) electrons. The molecule has 1 aromatic carbocycles. The summed E-state index contributed by atoms with van der Waals surface area (Å²) in [5, 5.41) is 23.2. The third-order valence-electron chi connectivity index (χ3n) is 6.02. The summed E-state index contributed by atoms with van der Waals surface area (Å²) >= 11 is 0. The molecule has 3 rings (SSSR count). The van der Waals surface area contributed by atoms with Crippen LogP contribution in [0.4, 0.5) is 0 Å². The van der Waals surface area contributed by atoms with Crippen molar-refractivity contribution >= 4 is 34.6 Å². The van der Waals surface area contributed by atoms with E-state index in [9.17, 15) is 19.5 Å². The Hall–Kier alpha value is -3.86. The molecule has 11 heteroatoms. The third kappa shape index (κ3) is 7.06. The summed E-state index contributed by atoms with van der Waals surface area (Å²) in [6.07, 6.45) is 6.11. The number of carbonyl (C=O) groups is 3. The molecule has 0 saturated heterocycles. The van der Waals surface area contributed by atoms with Gasteiger partial charge in [0, 0.05) is 48.7 Å². The first-order valence-corrected chi connectivity index (χ1v) is 11.6. The molecular formula is C24H33N7O4. The Morgan fingerprint density at radius 3 is 2.69 bits per heavy atom. The van der Waals surface area contributed by atoms with Crippen molar-refractivity contribution in [2.75, 3.05) is 19.6 Å². The molecule has 0 bridgehead atoms. The second kappa shape index (κ2) is 12.0. The number of benzene rings is 1. The van der Waals surface area contributed by atoms with Crippen molar-refractivity contribution in [1.82, 2.24) is 20.5 Å². The number of aliphatic carboxylic acids is 1. The number of guanidine groups is 1. The Labute approximate surface area is 203 Å². The molecule has 0 aliphatic carbocycles. The van der Waals surface area contributed by atoms with E-state index >= 15 is 0 Å². The van der Waals surface area contributed by atoms with Crippen LogP contribution in [0.15, 0.2) is 42.1 Å². The van der Waals surface area contributed by atoms with Crippen LogP contribution < -0.4 is 22.1 Å². The zero-order valence-electron chi connectivity index (χ0n) is 19.5. The number of unbranched alkanes of at least 4 members (excludes halogenated alkanes) is 2. The second-order valence-electron chi connectivity index (χ2n) is 8.67. The number of nitrogens with one attached hydrogen (secondary N) is 4. The molecule has 11 nitrogen and oxygen atoms in total. The summed E-state index contributed by atoms with van der Waals surface area (Å²) in [6, 6.07) is 5.53. The minimum Gasteiger partial charge on any atom is -0.479 e. The molecule has 2 unspecified atom stereocenters. The highest BCUT2D eigenvalue weighted by Crippen LogP contribution is 2.24. The van der Waals surface area contributed by atoms with E-state index in [0.29, 0.717) is 50.9 Å². The second-order valence-corrected chi connectivity index (χ2v) is 8.67. The number of nitrogens with two attached hydrogens (primary N) is 2. The van der Waals surface area contributed by atoms with E-state index in [2.05, 4.69) is 15.6 Å². The number of carbonyl (C=O) groups excluding carboxylic acids is 2. The van der Waals surface area contributed by atoms with Gasteiger partial charge in [-0.15, -0.1) is 0 Å². The number of carboxylic acid groups (broad SMARTS) is 1. The van der Waals surface area contributed by atoms with Crippen molar-refractivity contribution in [1.29, 1.82) is 5.41 Å². The minimum atomic E-state index is -1.13. The van der Waals surface area contributed by atoms with Crippen molar-refractivity contribution in [3.63, 3.8) is 0 Å². The van der Waals surface area contributed by atoms with Crippen LogP contribution in [0.2, 0.25) is 0 Å². The van der Waals surface area contributed by atoms with E-state index in [1.54, 1.807) is 11.1 Å². The Kier molecular flexibility index (Phi) is 8.85. The van der Waals surface area contributed by atoms with Crippen LogP contribution in [0.25, 0.3) is 10.9 Å². The molecule has 0 fully saturated rings. The number of hydrogen-bond acceptors (Lipinski definition) is 5. The van der Waals surface area contributed by atoms with Crippen LogP contribution in [-0.4, -0.2) is 64.4 Å². The fraction of sp³-hybridized carbons (Fsp3) is 0.417. The van der Waals surface area contributed by atoms with Crippen molar-refractivity contribution in [2.45, 2.75) is 44.2 Å². The zero-order chi connectivity index (χ0) is 25.4. The molecule has 35 heavy (non-hydrogen) atoms. The summed E-state index contributed by atoms with van der Waals surface area (Å²) in [6.45, 7) is 1.52. The fourth-order valence-electron chi connectivity index (χ4n) is 4.09. The first kappa shape index (κ1) is 25.8. The summed E-state index contributed by atoms with van der Waals surface area (Å²) in [7, 11) is 0. The van der Waals surface area contributed by atoms with Gasteiger partial charge in [-0.3, -0.25) is 15.0 Å². The number of carboxylic acids is 1. The molecule has 0 saturated carbocycles. The largest absolute Gasteiger partial charge is 0.479 e. The maximum Gasteiger partial charge on any atom is 0.330 e. The molecule has 1 aliphatic heterocycles. The van der Waals surface area contributed by atoms with Gasteiger partial charge >= 0.3 is 5.97 Å². The highest BCUT2D eigenvalue weighted by atomic mass is 16.4. The Balaban J connectivity index is 1.33. The predicted octanol–water partition coefficient (Wildman–Crippen LogP) is 0.939. The summed E-state index contributed by atoms with van der Waals surface area (Å²) in [5.74, 6) is -1.70. The standard InChI is InChI=1S/C24H33N7O4/c25-18(12-15-9-11-31(14-15)24(26)27)22(33)28-10-5-1-2-8-20(32)30-21(23(34)35)17-13-29-19-7-4-3-6-16(17)19/h3-4,6-7,9,13,18,21,29H,1-2,5,8,10-12,14,25H2,(H3,26,27)(H,28,33)(H,30,32)(H,34,35). The zero-order valence-corrected chi connectivity index (χ0v) is 19.5. The van der Waals surface area contributed by atoms with Crippen LogP contribution >= 0.6 is 0 Å². The number of aromatic amines is 1. The van der Waals surface area contributed by atoms with Gasteiger partial charge in [-0.05, 0) is 25.3 Å². The number of hydrogen-bond donors (Lipinski definition) is 7. The van der Waals surface area contributed by atoms with Gasteiger partial charge in [0.15, 0.2) is 12.0 Å². The summed E-state index contributed by atoms with van der Waals surface area (Å²) < 4.78 is 0. The number of amides is 2. The fourth-order valence-corrected chi connectivity index (χ4v) is 4.09. The number of nitrogens with zero attached hydrogens (tertiary/aromatic N) is 1. The maximum absolute atomic E-state index is 12.3. The Morgan fingerprint density at radius 1 is 1.20 bits per heavy atom. The molecule has 0 spiro atoms. The van der Waals surface area contributed by atoms with Gasteiger partial charge in [0.2, 0.25) is 11.8 Å². The quantitative estimate of drug-likeness (QED) is 0.101. The first-order chi connectivity index (χ1) is 16.8. The molecule has 1 aliphatic rings. The molecule has 188 valence electrons. The van der Waals surface area contributed by atoms with Gasteiger partial charge in [0.1, 0.15) is 0 Å². The van der Waals surface area contributed by atoms with Crippen LogP contribution in [0.5, 0.6) is 0 Å². The minimum absolute atomic E-state index is 0.000555. The molecule has 2 aromatic rings. The lowest BCUT2D eigenvalue weighted by Gasteiger charge is -2.17. The SMILES string of the molecule is N=C(N)N1CC=C(CC(N)C(=O)NCCCCCC(=O)NC(C(=O)O)c2c[nH]c3ccccc23)C1. The maximum atomic E-state index is 12.3. The summed E-state index contributed by atoms with van der Waals surface area (Å²) in [5.41, 5.74) is 13.8. The van der Waals surface area contributed by atoms with Gasteiger partial charge in [0.05, 0.1) is 6.04 Å². The predicted molar refractivity (Wildman–Crippen MR) is 132 cm³/mol. The smallest absolute Gasteiger partial charge is 0.330 e.